The summed E-state index contributed by atoms with van der Waals surface area (Å²) >= 11 is 0. The summed E-state index contributed by atoms with van der Waals surface area (Å²) < 4.78 is 5.15. The normalized spacial score (nSPS) is 14.0. The Morgan fingerprint density at radius 3 is 2.65 bits per heavy atom. The molecule has 1 heterocycles. The minimum atomic E-state index is -0.262. The van der Waals surface area contributed by atoms with Crippen molar-refractivity contribution in [1.82, 2.24) is 4.90 Å². The first-order valence-corrected chi connectivity index (χ1v) is 7.66. The predicted octanol–water partition coefficient (Wildman–Crippen LogP) is 3.33. The van der Waals surface area contributed by atoms with Crippen molar-refractivity contribution < 1.29 is 9.53 Å². The molecule has 0 bridgehead atoms. The Balaban J connectivity index is 1.67. The molecule has 120 valence electrons. The van der Waals surface area contributed by atoms with Crippen molar-refractivity contribution in [1.29, 1.82) is 0 Å². The van der Waals surface area contributed by atoms with Crippen molar-refractivity contribution in [2.45, 2.75) is 13.0 Å². The lowest BCUT2D eigenvalue weighted by Crippen LogP contribution is -2.26. The number of carbonyl (C=O) groups is 1. The maximum absolute atomic E-state index is 12.1. The summed E-state index contributed by atoms with van der Waals surface area (Å²) in [4.78, 5) is 14.4. The summed E-state index contributed by atoms with van der Waals surface area (Å²) in [5.41, 5.74) is 4.14. The van der Waals surface area contributed by atoms with Crippen molar-refractivity contribution in [3.8, 4) is 5.75 Å². The standard InChI is InChI=1S/C18H21N3O2/c1-21-9-8-13-6-7-16(10-14(13)12-21)20-18(22)19-15-4-3-5-17(11-15)23-2/h3-7,10-11H,8-9,12H2,1-2H3,(H2,19,20,22). The number of anilines is 2. The van der Waals surface area contributed by atoms with Gasteiger partial charge in [0.25, 0.3) is 0 Å². The molecule has 2 aromatic carbocycles. The Hall–Kier alpha value is -2.53. The van der Waals surface area contributed by atoms with Gasteiger partial charge in [-0.25, -0.2) is 4.79 Å². The molecular weight excluding hydrogens is 290 g/mol. The highest BCUT2D eigenvalue weighted by Gasteiger charge is 2.14. The first-order valence-electron chi connectivity index (χ1n) is 7.66. The summed E-state index contributed by atoms with van der Waals surface area (Å²) in [5.74, 6) is 0.708. The van der Waals surface area contributed by atoms with Crippen LogP contribution in [0.5, 0.6) is 5.75 Å². The summed E-state index contributed by atoms with van der Waals surface area (Å²) in [6.07, 6.45) is 1.06. The monoisotopic (exact) mass is 311 g/mol. The molecule has 0 aromatic heterocycles. The molecule has 0 fully saturated rings. The zero-order chi connectivity index (χ0) is 16.2. The largest absolute Gasteiger partial charge is 0.497 e. The quantitative estimate of drug-likeness (QED) is 0.914. The van der Waals surface area contributed by atoms with E-state index in [9.17, 15) is 4.79 Å². The Kier molecular flexibility index (Phi) is 4.48. The van der Waals surface area contributed by atoms with Gasteiger partial charge in [0, 0.05) is 30.5 Å². The molecule has 3 rings (SSSR count). The first-order chi connectivity index (χ1) is 11.1. The number of nitrogens with one attached hydrogen (secondary N) is 2. The number of methoxy groups -OCH3 is 1. The average molecular weight is 311 g/mol. The third kappa shape index (κ3) is 3.81. The topological polar surface area (TPSA) is 53.6 Å². The molecule has 0 saturated carbocycles. The highest BCUT2D eigenvalue weighted by molar-refractivity contribution is 5.99. The second-order valence-electron chi connectivity index (χ2n) is 5.78. The van der Waals surface area contributed by atoms with Gasteiger partial charge in [-0.3, -0.25) is 0 Å². The maximum Gasteiger partial charge on any atom is 0.323 e. The third-order valence-electron chi connectivity index (χ3n) is 3.99. The summed E-state index contributed by atoms with van der Waals surface area (Å²) in [7, 11) is 3.71. The fraction of sp³-hybridized carbons (Fsp3) is 0.278. The van der Waals surface area contributed by atoms with Crippen LogP contribution in [0.25, 0.3) is 0 Å². The van der Waals surface area contributed by atoms with E-state index < -0.39 is 0 Å². The lowest BCUT2D eigenvalue weighted by molar-refractivity contribution is 0.262. The van der Waals surface area contributed by atoms with E-state index >= 15 is 0 Å². The Morgan fingerprint density at radius 2 is 1.87 bits per heavy atom. The van der Waals surface area contributed by atoms with Crippen LogP contribution < -0.4 is 15.4 Å². The number of benzene rings is 2. The number of ether oxygens (including phenoxy) is 1. The summed E-state index contributed by atoms with van der Waals surface area (Å²) in [6, 6.07) is 13.1. The number of hydrogen-bond acceptors (Lipinski definition) is 3. The molecule has 5 nitrogen and oxygen atoms in total. The molecule has 2 aromatic rings. The second kappa shape index (κ2) is 6.71. The van der Waals surface area contributed by atoms with E-state index in [1.54, 1.807) is 13.2 Å². The number of hydrogen-bond donors (Lipinski definition) is 2. The zero-order valence-corrected chi connectivity index (χ0v) is 13.4. The molecule has 0 unspecified atom stereocenters. The third-order valence-corrected chi connectivity index (χ3v) is 3.99. The van der Waals surface area contributed by atoms with Crippen LogP contribution in [-0.4, -0.2) is 31.6 Å². The second-order valence-corrected chi connectivity index (χ2v) is 5.78. The van der Waals surface area contributed by atoms with E-state index in [-0.39, 0.29) is 6.03 Å². The van der Waals surface area contributed by atoms with Gasteiger partial charge in [-0.05, 0) is 48.9 Å². The number of urea groups is 1. The molecule has 0 radical (unpaired) electrons. The van der Waals surface area contributed by atoms with Gasteiger partial charge in [-0.15, -0.1) is 0 Å². The maximum atomic E-state index is 12.1. The van der Waals surface area contributed by atoms with E-state index in [4.69, 9.17) is 4.74 Å². The molecule has 23 heavy (non-hydrogen) atoms. The number of amides is 2. The van der Waals surface area contributed by atoms with Gasteiger partial charge < -0.3 is 20.3 Å². The fourth-order valence-electron chi connectivity index (χ4n) is 2.77. The zero-order valence-electron chi connectivity index (χ0n) is 13.4. The van der Waals surface area contributed by atoms with Crippen LogP contribution >= 0.6 is 0 Å². The molecule has 2 amide bonds. The Bertz CT molecular complexity index is 715. The van der Waals surface area contributed by atoms with Gasteiger partial charge in [0.05, 0.1) is 7.11 Å². The predicted molar refractivity (Wildman–Crippen MR) is 92.1 cm³/mol. The van der Waals surface area contributed by atoms with Crippen LogP contribution in [0.4, 0.5) is 16.2 Å². The van der Waals surface area contributed by atoms with Crippen molar-refractivity contribution in [2.24, 2.45) is 0 Å². The molecule has 1 aliphatic rings. The van der Waals surface area contributed by atoms with Crippen LogP contribution in [0.3, 0.4) is 0 Å². The molecular formula is C18H21N3O2. The van der Waals surface area contributed by atoms with Gasteiger partial charge in [0.2, 0.25) is 0 Å². The van der Waals surface area contributed by atoms with Crippen molar-refractivity contribution >= 4 is 17.4 Å². The highest BCUT2D eigenvalue weighted by Crippen LogP contribution is 2.22. The van der Waals surface area contributed by atoms with Gasteiger partial charge in [-0.1, -0.05) is 12.1 Å². The highest BCUT2D eigenvalue weighted by atomic mass is 16.5. The molecule has 5 heteroatoms. The number of fused-ring (bicyclic) bond motifs is 1. The first kappa shape index (κ1) is 15.4. The Morgan fingerprint density at radius 1 is 1.09 bits per heavy atom. The van der Waals surface area contributed by atoms with E-state index in [2.05, 4.69) is 34.7 Å². The molecule has 0 atom stereocenters. The minimum absolute atomic E-state index is 0.262. The van der Waals surface area contributed by atoms with Crippen LogP contribution in [0.1, 0.15) is 11.1 Å². The summed E-state index contributed by atoms with van der Waals surface area (Å²) in [6.45, 7) is 2.00. The molecule has 2 N–H and O–H groups in total. The Labute approximate surface area is 136 Å². The number of likely N-dealkylation sites (N-methyl/N-ethyl adjacent to an activating group) is 1. The van der Waals surface area contributed by atoms with E-state index in [0.717, 1.165) is 25.2 Å². The lowest BCUT2D eigenvalue weighted by atomic mass is 9.99. The number of nitrogens with zero attached hydrogens (tertiary/aromatic N) is 1. The van der Waals surface area contributed by atoms with Gasteiger partial charge in [0.1, 0.15) is 5.75 Å². The van der Waals surface area contributed by atoms with Gasteiger partial charge in [-0.2, -0.15) is 0 Å². The van der Waals surface area contributed by atoms with Crippen LogP contribution in [0, 0.1) is 0 Å². The lowest BCUT2D eigenvalue weighted by Gasteiger charge is -2.25. The van der Waals surface area contributed by atoms with E-state index in [1.165, 1.54) is 11.1 Å². The smallest absolute Gasteiger partial charge is 0.323 e. The van der Waals surface area contributed by atoms with Crippen LogP contribution in [0.2, 0.25) is 0 Å². The van der Waals surface area contributed by atoms with Crippen LogP contribution in [0.15, 0.2) is 42.5 Å². The van der Waals surface area contributed by atoms with Crippen molar-refractivity contribution in [3.63, 3.8) is 0 Å². The van der Waals surface area contributed by atoms with Gasteiger partial charge in [0.15, 0.2) is 0 Å². The van der Waals surface area contributed by atoms with E-state index in [1.807, 2.05) is 24.3 Å². The molecule has 0 spiro atoms. The van der Waals surface area contributed by atoms with Crippen molar-refractivity contribution in [3.05, 3.63) is 53.6 Å². The number of carbonyl (C=O) groups excluding carboxylic acids is 1. The molecule has 0 saturated heterocycles. The van der Waals surface area contributed by atoms with Gasteiger partial charge >= 0.3 is 6.03 Å². The van der Waals surface area contributed by atoms with E-state index in [0.29, 0.717) is 11.4 Å². The number of rotatable bonds is 3. The van der Waals surface area contributed by atoms with Crippen molar-refractivity contribution in [2.75, 3.05) is 31.3 Å². The summed E-state index contributed by atoms with van der Waals surface area (Å²) in [5, 5.41) is 5.70. The molecule has 1 aliphatic heterocycles. The SMILES string of the molecule is COc1cccc(NC(=O)Nc2ccc3c(c2)CN(C)CC3)c1. The average Bonchev–Trinajstić information content (AvgIpc) is 2.54. The molecule has 0 aliphatic carbocycles. The minimum Gasteiger partial charge on any atom is -0.497 e. The van der Waals surface area contributed by atoms with Crippen LogP contribution in [-0.2, 0) is 13.0 Å². The fourth-order valence-corrected chi connectivity index (χ4v) is 2.77.